The smallest absolute Gasteiger partial charge is 0.162 e. The highest BCUT2D eigenvalue weighted by molar-refractivity contribution is 5.69. The zero-order valence-corrected chi connectivity index (χ0v) is 17.9. The summed E-state index contributed by atoms with van der Waals surface area (Å²) in [5, 5.41) is 27.5. The maximum atomic E-state index is 10.4. The van der Waals surface area contributed by atoms with Gasteiger partial charge in [-0.2, -0.15) is 14.9 Å². The molecule has 9 nitrogen and oxygen atoms in total. The molecule has 0 aromatic carbocycles. The summed E-state index contributed by atoms with van der Waals surface area (Å²) < 4.78 is 6.69. The first-order chi connectivity index (χ1) is 14.2. The Balaban J connectivity index is 1.86. The Morgan fingerprint density at radius 2 is 1.97 bits per heavy atom. The van der Waals surface area contributed by atoms with Gasteiger partial charge >= 0.3 is 0 Å². The number of aryl methyl sites for hydroxylation is 2. The fourth-order valence-electron chi connectivity index (χ4n) is 3.18. The van der Waals surface area contributed by atoms with Crippen molar-refractivity contribution in [1.29, 1.82) is 5.26 Å². The van der Waals surface area contributed by atoms with Gasteiger partial charge in [-0.25, -0.2) is 4.98 Å². The molecular formula is C21H27N7O2. The molecule has 0 amide bonds. The summed E-state index contributed by atoms with van der Waals surface area (Å²) in [5.74, 6) is 0.673. The minimum atomic E-state index is -0.986. The SMILES string of the molecule is COCc1cc(C(C)(C)O)cc(CCNc2nc3c(C)c(C)nn3c(N)c2C#N)n1. The third-order valence-corrected chi connectivity index (χ3v) is 4.98. The van der Waals surface area contributed by atoms with Gasteiger partial charge in [-0.1, -0.05) is 0 Å². The Morgan fingerprint density at radius 1 is 1.27 bits per heavy atom. The number of fused-ring (bicyclic) bond motifs is 1. The predicted molar refractivity (Wildman–Crippen MR) is 114 cm³/mol. The van der Waals surface area contributed by atoms with Gasteiger partial charge in [-0.15, -0.1) is 0 Å². The van der Waals surface area contributed by atoms with Crippen LogP contribution in [0.25, 0.3) is 5.65 Å². The zero-order chi connectivity index (χ0) is 22.1. The van der Waals surface area contributed by atoms with Gasteiger partial charge in [0.25, 0.3) is 0 Å². The van der Waals surface area contributed by atoms with E-state index in [1.165, 1.54) is 4.52 Å². The molecule has 0 aliphatic rings. The third-order valence-electron chi connectivity index (χ3n) is 4.98. The second kappa shape index (κ2) is 8.26. The summed E-state index contributed by atoms with van der Waals surface area (Å²) in [7, 11) is 1.61. The molecule has 0 aliphatic heterocycles. The number of aliphatic hydroxyl groups is 1. The van der Waals surface area contributed by atoms with Crippen LogP contribution in [0.15, 0.2) is 12.1 Å². The fraction of sp³-hybridized carbons (Fsp3) is 0.429. The van der Waals surface area contributed by atoms with Crippen LogP contribution < -0.4 is 11.1 Å². The minimum Gasteiger partial charge on any atom is -0.386 e. The number of aromatic nitrogens is 4. The Hall–Kier alpha value is -3.22. The van der Waals surface area contributed by atoms with Crippen molar-refractivity contribution in [1.82, 2.24) is 19.6 Å². The Kier molecular flexibility index (Phi) is 5.92. The Morgan fingerprint density at radius 3 is 2.60 bits per heavy atom. The fourth-order valence-corrected chi connectivity index (χ4v) is 3.18. The number of nitrogens with two attached hydrogens (primary N) is 1. The van der Waals surface area contributed by atoms with Crippen molar-refractivity contribution < 1.29 is 9.84 Å². The number of methoxy groups -OCH3 is 1. The van der Waals surface area contributed by atoms with Gasteiger partial charge in [0.2, 0.25) is 0 Å². The molecule has 4 N–H and O–H groups in total. The summed E-state index contributed by atoms with van der Waals surface area (Å²) >= 11 is 0. The molecule has 3 heterocycles. The van der Waals surface area contributed by atoms with Crippen molar-refractivity contribution >= 4 is 17.3 Å². The van der Waals surface area contributed by atoms with Gasteiger partial charge in [0.05, 0.1) is 23.6 Å². The molecule has 0 atom stereocenters. The number of nitrogen functional groups attached to an aromatic ring is 1. The normalized spacial score (nSPS) is 11.6. The van der Waals surface area contributed by atoms with Crippen LogP contribution in [0.5, 0.6) is 0 Å². The number of rotatable bonds is 7. The van der Waals surface area contributed by atoms with E-state index in [0.717, 1.165) is 28.2 Å². The first-order valence-corrected chi connectivity index (χ1v) is 9.66. The number of anilines is 2. The van der Waals surface area contributed by atoms with Crippen molar-refractivity contribution in [2.24, 2.45) is 0 Å². The van der Waals surface area contributed by atoms with E-state index in [9.17, 15) is 10.4 Å². The third kappa shape index (κ3) is 4.20. The highest BCUT2D eigenvalue weighted by Gasteiger charge is 2.19. The lowest BCUT2D eigenvalue weighted by atomic mass is 9.97. The summed E-state index contributed by atoms with van der Waals surface area (Å²) in [6.45, 7) is 8.11. The summed E-state index contributed by atoms with van der Waals surface area (Å²) in [6.07, 6.45) is 0.565. The first kappa shape index (κ1) is 21.5. The largest absolute Gasteiger partial charge is 0.386 e. The van der Waals surface area contributed by atoms with Gasteiger partial charge in [0.15, 0.2) is 5.65 Å². The lowest BCUT2D eigenvalue weighted by Gasteiger charge is -2.20. The van der Waals surface area contributed by atoms with Crippen LogP contribution in [-0.4, -0.2) is 38.3 Å². The number of pyridine rings is 1. The number of hydrogen-bond acceptors (Lipinski definition) is 8. The number of hydrogen-bond donors (Lipinski definition) is 3. The quantitative estimate of drug-likeness (QED) is 0.541. The molecule has 158 valence electrons. The van der Waals surface area contributed by atoms with E-state index >= 15 is 0 Å². The van der Waals surface area contributed by atoms with E-state index in [1.807, 2.05) is 26.0 Å². The molecule has 3 rings (SSSR count). The first-order valence-electron chi connectivity index (χ1n) is 9.66. The van der Waals surface area contributed by atoms with Crippen LogP contribution in [0.1, 0.15) is 47.6 Å². The van der Waals surface area contributed by atoms with Gasteiger partial charge < -0.3 is 20.9 Å². The van der Waals surface area contributed by atoms with E-state index in [0.29, 0.717) is 31.0 Å². The summed E-state index contributed by atoms with van der Waals surface area (Å²) in [5.41, 5.74) is 10.1. The monoisotopic (exact) mass is 409 g/mol. The molecule has 9 heteroatoms. The van der Waals surface area contributed by atoms with Crippen LogP contribution in [-0.2, 0) is 23.4 Å². The molecule has 0 saturated heterocycles. The Bertz CT molecular complexity index is 1120. The summed E-state index contributed by atoms with van der Waals surface area (Å²) in [6, 6.07) is 5.83. The molecular weight excluding hydrogens is 382 g/mol. The number of ether oxygens (including phenoxy) is 1. The lowest BCUT2D eigenvalue weighted by Crippen LogP contribution is -2.18. The van der Waals surface area contributed by atoms with Crippen LogP contribution in [0.3, 0.4) is 0 Å². The maximum absolute atomic E-state index is 10.4. The van der Waals surface area contributed by atoms with Gasteiger partial charge in [-0.05, 0) is 45.4 Å². The van der Waals surface area contributed by atoms with E-state index in [-0.39, 0.29) is 11.4 Å². The van der Waals surface area contributed by atoms with E-state index in [1.54, 1.807) is 21.0 Å². The zero-order valence-electron chi connectivity index (χ0n) is 17.9. The average Bonchev–Trinajstić information content (AvgIpc) is 2.96. The molecule has 0 saturated carbocycles. The van der Waals surface area contributed by atoms with Crippen molar-refractivity contribution in [3.05, 3.63) is 45.9 Å². The highest BCUT2D eigenvalue weighted by atomic mass is 16.5. The summed E-state index contributed by atoms with van der Waals surface area (Å²) in [4.78, 5) is 9.16. The molecule has 0 spiro atoms. The number of nitrogens with zero attached hydrogens (tertiary/aromatic N) is 5. The molecule has 0 fully saturated rings. The van der Waals surface area contributed by atoms with Gasteiger partial charge in [0.1, 0.15) is 23.3 Å². The Labute approximate surface area is 175 Å². The molecule has 3 aromatic rings. The lowest BCUT2D eigenvalue weighted by molar-refractivity contribution is 0.0780. The van der Waals surface area contributed by atoms with Crippen molar-refractivity contribution in [2.45, 2.75) is 46.3 Å². The topological polar surface area (TPSA) is 134 Å². The van der Waals surface area contributed by atoms with Gasteiger partial charge in [-0.3, -0.25) is 4.98 Å². The highest BCUT2D eigenvalue weighted by Crippen LogP contribution is 2.25. The van der Waals surface area contributed by atoms with Crippen LogP contribution in [0, 0.1) is 25.2 Å². The molecule has 0 unspecified atom stereocenters. The predicted octanol–water partition coefficient (Wildman–Crippen LogP) is 2.22. The molecule has 3 aromatic heterocycles. The minimum absolute atomic E-state index is 0.253. The standard InChI is InChI=1S/C21H27N7O2/c1-12-13(2)27-28-18(23)17(10-22)19(26-20(12)28)24-7-6-15-8-14(21(3,4)29)9-16(25-15)11-30-5/h8-9,29H,6-7,11,23H2,1-5H3,(H,24,26). The van der Waals surface area contributed by atoms with E-state index < -0.39 is 5.60 Å². The van der Waals surface area contributed by atoms with Crippen molar-refractivity contribution in [3.8, 4) is 6.07 Å². The van der Waals surface area contributed by atoms with Crippen molar-refractivity contribution in [3.63, 3.8) is 0 Å². The number of nitrogens with one attached hydrogen (secondary N) is 1. The van der Waals surface area contributed by atoms with Crippen LogP contribution >= 0.6 is 0 Å². The molecule has 0 bridgehead atoms. The second-order valence-corrected chi connectivity index (χ2v) is 7.79. The molecule has 30 heavy (non-hydrogen) atoms. The van der Waals surface area contributed by atoms with Gasteiger partial charge in [0, 0.05) is 31.3 Å². The number of nitriles is 1. The second-order valence-electron chi connectivity index (χ2n) is 7.79. The van der Waals surface area contributed by atoms with Crippen LogP contribution in [0.4, 0.5) is 11.6 Å². The van der Waals surface area contributed by atoms with Crippen LogP contribution in [0.2, 0.25) is 0 Å². The average molecular weight is 409 g/mol. The van der Waals surface area contributed by atoms with Crippen molar-refractivity contribution in [2.75, 3.05) is 24.7 Å². The molecule has 0 radical (unpaired) electrons. The maximum Gasteiger partial charge on any atom is 0.162 e. The van der Waals surface area contributed by atoms with E-state index in [2.05, 4.69) is 26.5 Å². The van der Waals surface area contributed by atoms with E-state index in [4.69, 9.17) is 10.5 Å². The molecule has 0 aliphatic carbocycles.